The highest BCUT2D eigenvalue weighted by Crippen LogP contribution is 2.50. The lowest BCUT2D eigenvalue weighted by Crippen LogP contribution is -2.45. The number of rotatable bonds is 0. The highest BCUT2D eigenvalue weighted by Gasteiger charge is 2.43. The van der Waals surface area contributed by atoms with E-state index in [1.807, 2.05) is 26.8 Å². The largest absolute Gasteiger partial charge is 0.444 e. The van der Waals surface area contributed by atoms with E-state index in [0.717, 1.165) is 29.3 Å². The molecule has 0 bridgehead atoms. The molecular formula is C15H20BrNO3. The number of carbonyl (C=O) groups excluding carboxylic acids is 2. The number of ether oxygens (including phenoxy) is 1. The van der Waals surface area contributed by atoms with Gasteiger partial charge in [0, 0.05) is 23.0 Å². The third-order valence-corrected chi connectivity index (χ3v) is 4.64. The summed E-state index contributed by atoms with van der Waals surface area (Å²) in [5, 5.41) is 0. The molecular weight excluding hydrogens is 322 g/mol. The predicted octanol–water partition coefficient (Wildman–Crippen LogP) is 3.44. The number of piperidine rings is 1. The van der Waals surface area contributed by atoms with Gasteiger partial charge in [-0.3, -0.25) is 0 Å². The summed E-state index contributed by atoms with van der Waals surface area (Å²) in [4.78, 5) is 24.9. The normalized spacial score (nSPS) is 21.7. The average molecular weight is 342 g/mol. The molecule has 0 aromatic rings. The zero-order valence-electron chi connectivity index (χ0n) is 12.2. The van der Waals surface area contributed by atoms with E-state index in [1.165, 1.54) is 0 Å². The van der Waals surface area contributed by atoms with E-state index >= 15 is 0 Å². The lowest BCUT2D eigenvalue weighted by molar-refractivity contribution is 0.0143. The molecule has 0 N–H and O–H groups in total. The van der Waals surface area contributed by atoms with Crippen molar-refractivity contribution in [2.75, 3.05) is 13.1 Å². The zero-order valence-corrected chi connectivity index (χ0v) is 13.7. The molecule has 1 saturated heterocycles. The van der Waals surface area contributed by atoms with E-state index < -0.39 is 5.60 Å². The minimum absolute atomic E-state index is 0.140. The molecule has 5 heteroatoms. The molecule has 1 heterocycles. The molecule has 20 heavy (non-hydrogen) atoms. The molecule has 1 aliphatic heterocycles. The quantitative estimate of drug-likeness (QED) is 0.634. The molecule has 0 aromatic heterocycles. The Bertz CT molecular complexity index is 490. The van der Waals surface area contributed by atoms with E-state index in [4.69, 9.17) is 4.74 Å². The van der Waals surface area contributed by atoms with Gasteiger partial charge in [-0.1, -0.05) is 22.0 Å². The maximum atomic E-state index is 12.0. The monoisotopic (exact) mass is 341 g/mol. The molecule has 0 aromatic carbocycles. The fourth-order valence-electron chi connectivity index (χ4n) is 2.80. The first-order valence-electron chi connectivity index (χ1n) is 6.87. The van der Waals surface area contributed by atoms with Gasteiger partial charge in [0.05, 0.1) is 5.57 Å². The zero-order chi connectivity index (χ0) is 15.0. The van der Waals surface area contributed by atoms with Gasteiger partial charge in [-0.2, -0.15) is 0 Å². The van der Waals surface area contributed by atoms with Gasteiger partial charge in [0.2, 0.25) is 0 Å². The molecule has 1 aliphatic carbocycles. The summed E-state index contributed by atoms with van der Waals surface area (Å²) >= 11 is 3.42. The number of halogens is 1. The molecule has 4 nitrogen and oxygen atoms in total. The van der Waals surface area contributed by atoms with E-state index in [0.29, 0.717) is 13.1 Å². The van der Waals surface area contributed by atoms with Crippen molar-refractivity contribution in [3.05, 3.63) is 16.1 Å². The minimum atomic E-state index is -0.474. The average Bonchev–Trinajstić information content (AvgIpc) is 2.65. The Hall–Kier alpha value is -1.06. The Balaban J connectivity index is 2.00. The van der Waals surface area contributed by atoms with E-state index in [-0.39, 0.29) is 11.5 Å². The third kappa shape index (κ3) is 2.99. The number of amides is 1. The smallest absolute Gasteiger partial charge is 0.410 e. The topological polar surface area (TPSA) is 46.6 Å². The fraction of sp³-hybridized carbons (Fsp3) is 0.667. The first-order valence-corrected chi connectivity index (χ1v) is 7.66. The SMILES string of the molecule is CC(C)(C)OC(=O)N1CCC2(CC=C(Br)C2=C=O)CC1. The van der Waals surface area contributed by atoms with E-state index in [1.54, 1.807) is 4.90 Å². The van der Waals surface area contributed by atoms with Crippen molar-refractivity contribution in [1.29, 1.82) is 0 Å². The highest BCUT2D eigenvalue weighted by molar-refractivity contribution is 9.12. The molecule has 110 valence electrons. The van der Waals surface area contributed by atoms with Crippen LogP contribution in [0.1, 0.15) is 40.0 Å². The van der Waals surface area contributed by atoms with Crippen LogP contribution in [0.15, 0.2) is 16.1 Å². The highest BCUT2D eigenvalue weighted by atomic mass is 79.9. The molecule has 0 atom stereocenters. The van der Waals surface area contributed by atoms with Crippen LogP contribution in [-0.2, 0) is 9.53 Å². The van der Waals surface area contributed by atoms with Crippen LogP contribution in [0.25, 0.3) is 0 Å². The maximum absolute atomic E-state index is 12.0. The second-order valence-electron chi connectivity index (χ2n) is 6.48. The molecule has 0 saturated carbocycles. The van der Waals surface area contributed by atoms with Crippen LogP contribution in [-0.4, -0.2) is 35.6 Å². The second kappa shape index (κ2) is 5.38. The lowest BCUT2D eigenvalue weighted by atomic mass is 9.74. The van der Waals surface area contributed by atoms with Crippen molar-refractivity contribution in [2.24, 2.45) is 5.41 Å². The second-order valence-corrected chi connectivity index (χ2v) is 7.34. The maximum Gasteiger partial charge on any atom is 0.410 e. The van der Waals surface area contributed by atoms with Gasteiger partial charge in [-0.05, 0) is 40.0 Å². The molecule has 2 rings (SSSR count). The van der Waals surface area contributed by atoms with Gasteiger partial charge >= 0.3 is 6.09 Å². The number of likely N-dealkylation sites (tertiary alicyclic amines) is 1. The van der Waals surface area contributed by atoms with Crippen molar-refractivity contribution in [3.63, 3.8) is 0 Å². The Kier molecular flexibility index (Phi) is 4.12. The van der Waals surface area contributed by atoms with E-state index in [2.05, 4.69) is 21.9 Å². The van der Waals surface area contributed by atoms with Crippen molar-refractivity contribution >= 4 is 28.0 Å². The number of nitrogens with zero attached hydrogens (tertiary/aromatic N) is 1. The summed E-state index contributed by atoms with van der Waals surface area (Å²) in [6.45, 7) is 6.83. The summed E-state index contributed by atoms with van der Waals surface area (Å²) in [7, 11) is 0. The standard InChI is InChI=1S/C15H20BrNO3/c1-14(2,3)20-13(19)17-8-6-15(7-9-17)5-4-12(16)11(15)10-18/h4H,5-9H2,1-3H3. The predicted molar refractivity (Wildman–Crippen MR) is 80.3 cm³/mol. The van der Waals surface area contributed by atoms with Gasteiger partial charge in [-0.25, -0.2) is 9.59 Å². The minimum Gasteiger partial charge on any atom is -0.444 e. The van der Waals surface area contributed by atoms with Crippen molar-refractivity contribution in [1.82, 2.24) is 4.90 Å². The number of hydrogen-bond acceptors (Lipinski definition) is 3. The van der Waals surface area contributed by atoms with Gasteiger partial charge in [0.25, 0.3) is 0 Å². The first-order chi connectivity index (χ1) is 9.27. The Labute approximate surface area is 128 Å². The van der Waals surface area contributed by atoms with Gasteiger partial charge in [-0.15, -0.1) is 0 Å². The molecule has 0 radical (unpaired) electrons. The van der Waals surface area contributed by atoms with Crippen LogP contribution < -0.4 is 0 Å². The molecule has 1 spiro atoms. The number of hydrogen-bond donors (Lipinski definition) is 0. The summed E-state index contributed by atoms with van der Waals surface area (Å²) in [6.07, 6.45) is 4.17. The van der Waals surface area contributed by atoms with Crippen molar-refractivity contribution in [2.45, 2.75) is 45.6 Å². The van der Waals surface area contributed by atoms with E-state index in [9.17, 15) is 9.59 Å². The van der Waals surface area contributed by atoms with Crippen LogP contribution in [0.4, 0.5) is 4.79 Å². The molecule has 2 aliphatic rings. The fourth-order valence-corrected chi connectivity index (χ4v) is 3.46. The summed E-state index contributed by atoms with van der Waals surface area (Å²) in [5.74, 6) is 2.07. The van der Waals surface area contributed by atoms with Crippen LogP contribution in [0.3, 0.4) is 0 Å². The van der Waals surface area contributed by atoms with Crippen LogP contribution >= 0.6 is 15.9 Å². The van der Waals surface area contributed by atoms with Crippen LogP contribution in [0, 0.1) is 5.41 Å². The lowest BCUT2D eigenvalue weighted by Gasteiger charge is -2.39. The van der Waals surface area contributed by atoms with Crippen molar-refractivity contribution < 1.29 is 14.3 Å². The molecule has 1 amide bonds. The summed E-state index contributed by atoms with van der Waals surface area (Å²) < 4.78 is 6.24. The Morgan fingerprint density at radius 1 is 1.40 bits per heavy atom. The van der Waals surface area contributed by atoms with Crippen molar-refractivity contribution in [3.8, 4) is 0 Å². The molecule has 1 fully saturated rings. The number of allylic oxidation sites excluding steroid dienone is 3. The third-order valence-electron chi connectivity index (χ3n) is 3.92. The number of carbonyl (C=O) groups is 1. The van der Waals surface area contributed by atoms with Gasteiger partial charge in [0.15, 0.2) is 0 Å². The first kappa shape index (κ1) is 15.3. The van der Waals surface area contributed by atoms with Gasteiger partial charge < -0.3 is 9.64 Å². The Morgan fingerprint density at radius 2 is 2.00 bits per heavy atom. The molecule has 0 unspecified atom stereocenters. The van der Waals surface area contributed by atoms with Crippen LogP contribution in [0.5, 0.6) is 0 Å². The summed E-state index contributed by atoms with van der Waals surface area (Å²) in [6, 6.07) is 0. The summed E-state index contributed by atoms with van der Waals surface area (Å²) in [5.41, 5.74) is 0.109. The van der Waals surface area contributed by atoms with Crippen LogP contribution in [0.2, 0.25) is 0 Å². The van der Waals surface area contributed by atoms with Gasteiger partial charge in [0.1, 0.15) is 11.5 Å². The Morgan fingerprint density at radius 3 is 2.50 bits per heavy atom.